The number of nitrogens with one attached hydrogen (secondary N) is 1. The molecule has 19 heavy (non-hydrogen) atoms. The van der Waals surface area contributed by atoms with E-state index in [1.165, 1.54) is 19.0 Å². The van der Waals surface area contributed by atoms with Gasteiger partial charge in [0.2, 0.25) is 0 Å². The van der Waals surface area contributed by atoms with Crippen LogP contribution in [0.2, 0.25) is 5.02 Å². The maximum atomic E-state index is 11.9. The number of carbonyl (C=O) groups excluding carboxylic acids is 1. The van der Waals surface area contributed by atoms with Gasteiger partial charge in [-0.15, -0.1) is 0 Å². The average Bonchev–Trinajstić information content (AvgIpc) is 2.41. The number of nitrogens with zero attached hydrogens (tertiary/aromatic N) is 2. The summed E-state index contributed by atoms with van der Waals surface area (Å²) in [6, 6.07) is 1.63. The zero-order chi connectivity index (χ0) is 13.7. The summed E-state index contributed by atoms with van der Waals surface area (Å²) in [5.41, 5.74) is 0.451. The Morgan fingerprint density at radius 2 is 2.26 bits per heavy atom. The Bertz CT molecular complexity index is 430. The van der Waals surface area contributed by atoms with Crippen LogP contribution in [0.15, 0.2) is 18.5 Å². The van der Waals surface area contributed by atoms with E-state index >= 15 is 0 Å². The molecule has 1 aromatic rings. The molecule has 0 unspecified atom stereocenters. The molecular weight excluding hydrogens is 262 g/mol. The maximum Gasteiger partial charge on any atom is 0.254 e. The molecule has 0 bridgehead atoms. The summed E-state index contributed by atoms with van der Waals surface area (Å²) in [5.74, 6) is 0.590. The van der Waals surface area contributed by atoms with Gasteiger partial charge in [0, 0.05) is 18.9 Å². The second-order valence-corrected chi connectivity index (χ2v) is 5.55. The van der Waals surface area contributed by atoms with E-state index in [4.69, 9.17) is 11.6 Å². The fraction of sp³-hybridized carbons (Fsp3) is 0.571. The Morgan fingerprint density at radius 3 is 2.95 bits per heavy atom. The van der Waals surface area contributed by atoms with Gasteiger partial charge in [-0.25, -0.2) is 0 Å². The van der Waals surface area contributed by atoms with E-state index in [1.807, 2.05) is 0 Å². The highest BCUT2D eigenvalue weighted by Crippen LogP contribution is 2.19. The molecular formula is C14H20ClN3O. The summed E-state index contributed by atoms with van der Waals surface area (Å²) >= 11 is 5.96. The first-order valence-electron chi connectivity index (χ1n) is 6.73. The molecule has 1 fully saturated rings. The lowest BCUT2D eigenvalue weighted by molar-refractivity contribution is 0.0948. The summed E-state index contributed by atoms with van der Waals surface area (Å²) in [5, 5.41) is 3.37. The fourth-order valence-electron chi connectivity index (χ4n) is 2.38. The summed E-state index contributed by atoms with van der Waals surface area (Å²) in [7, 11) is 2.16. The number of halogens is 1. The van der Waals surface area contributed by atoms with Crippen LogP contribution in [-0.2, 0) is 0 Å². The molecule has 1 saturated heterocycles. The van der Waals surface area contributed by atoms with E-state index in [1.54, 1.807) is 12.3 Å². The van der Waals surface area contributed by atoms with Crippen LogP contribution in [0.25, 0.3) is 0 Å². The largest absolute Gasteiger partial charge is 0.352 e. The molecule has 1 N–H and O–H groups in total. The Kier molecular flexibility index (Phi) is 5.16. The summed E-state index contributed by atoms with van der Waals surface area (Å²) in [6.07, 6.45) is 6.57. The van der Waals surface area contributed by atoms with E-state index in [9.17, 15) is 4.79 Å². The zero-order valence-electron chi connectivity index (χ0n) is 11.2. The highest BCUT2D eigenvalue weighted by atomic mass is 35.5. The summed E-state index contributed by atoms with van der Waals surface area (Å²) < 4.78 is 0. The van der Waals surface area contributed by atoms with E-state index in [2.05, 4.69) is 22.2 Å². The third kappa shape index (κ3) is 4.18. The van der Waals surface area contributed by atoms with Crippen molar-refractivity contribution in [2.75, 3.05) is 26.7 Å². The second kappa shape index (κ2) is 6.87. The molecule has 0 aromatic carbocycles. The number of hydrogen-bond donors (Lipinski definition) is 1. The normalized spacial score (nSPS) is 17.4. The van der Waals surface area contributed by atoms with Crippen molar-refractivity contribution >= 4 is 17.5 Å². The Hall–Kier alpha value is -1.13. The SMILES string of the molecule is CN1CCC(CCNC(=O)c2cnccc2Cl)CC1. The van der Waals surface area contributed by atoms with E-state index in [0.29, 0.717) is 17.1 Å². The van der Waals surface area contributed by atoms with Gasteiger partial charge in [0.15, 0.2) is 0 Å². The molecule has 1 amide bonds. The average molecular weight is 282 g/mol. The first-order chi connectivity index (χ1) is 9.16. The summed E-state index contributed by atoms with van der Waals surface area (Å²) in [6.45, 7) is 3.03. The van der Waals surface area contributed by atoms with Crippen LogP contribution in [-0.4, -0.2) is 42.5 Å². The smallest absolute Gasteiger partial charge is 0.254 e. The number of carbonyl (C=O) groups is 1. The van der Waals surface area contributed by atoms with Crippen molar-refractivity contribution in [1.29, 1.82) is 0 Å². The molecule has 104 valence electrons. The standard InChI is InChI=1S/C14H20ClN3O/c1-18-8-4-11(5-9-18)2-7-17-14(19)12-10-16-6-3-13(12)15/h3,6,10-11H,2,4-5,7-9H2,1H3,(H,17,19). The number of piperidine rings is 1. The lowest BCUT2D eigenvalue weighted by Gasteiger charge is -2.28. The molecule has 0 aliphatic carbocycles. The van der Waals surface area contributed by atoms with Gasteiger partial charge >= 0.3 is 0 Å². The van der Waals surface area contributed by atoms with Gasteiger partial charge in [0.25, 0.3) is 5.91 Å². The highest BCUT2D eigenvalue weighted by molar-refractivity contribution is 6.33. The predicted octanol–water partition coefficient (Wildman–Crippen LogP) is 2.20. The van der Waals surface area contributed by atoms with Crippen molar-refractivity contribution in [3.05, 3.63) is 29.0 Å². The molecule has 0 spiro atoms. The number of amides is 1. The van der Waals surface area contributed by atoms with Gasteiger partial charge in [0.1, 0.15) is 0 Å². The van der Waals surface area contributed by atoms with Gasteiger partial charge in [-0.1, -0.05) is 11.6 Å². The van der Waals surface area contributed by atoms with Crippen molar-refractivity contribution in [2.24, 2.45) is 5.92 Å². The van der Waals surface area contributed by atoms with E-state index in [0.717, 1.165) is 25.4 Å². The van der Waals surface area contributed by atoms with Gasteiger partial charge < -0.3 is 10.2 Å². The molecule has 0 saturated carbocycles. The minimum Gasteiger partial charge on any atom is -0.352 e. The minimum absolute atomic E-state index is 0.133. The Balaban J connectivity index is 1.74. The van der Waals surface area contributed by atoms with Crippen molar-refractivity contribution in [3.63, 3.8) is 0 Å². The maximum absolute atomic E-state index is 11.9. The third-order valence-electron chi connectivity index (χ3n) is 3.69. The number of pyridine rings is 1. The number of aromatic nitrogens is 1. The summed E-state index contributed by atoms with van der Waals surface area (Å²) in [4.78, 5) is 18.2. The van der Waals surface area contributed by atoms with Crippen molar-refractivity contribution in [1.82, 2.24) is 15.2 Å². The third-order valence-corrected chi connectivity index (χ3v) is 4.02. The zero-order valence-corrected chi connectivity index (χ0v) is 12.0. The molecule has 0 atom stereocenters. The Morgan fingerprint density at radius 1 is 1.53 bits per heavy atom. The van der Waals surface area contributed by atoms with Crippen molar-refractivity contribution in [2.45, 2.75) is 19.3 Å². The van der Waals surface area contributed by atoms with Gasteiger partial charge in [-0.2, -0.15) is 0 Å². The van der Waals surface area contributed by atoms with Gasteiger partial charge in [0.05, 0.1) is 10.6 Å². The molecule has 0 radical (unpaired) electrons. The number of rotatable bonds is 4. The Labute approximate surface area is 119 Å². The molecule has 2 rings (SSSR count). The van der Waals surface area contributed by atoms with Crippen LogP contribution < -0.4 is 5.32 Å². The first kappa shape index (κ1) is 14.3. The molecule has 1 aromatic heterocycles. The topological polar surface area (TPSA) is 45.2 Å². The second-order valence-electron chi connectivity index (χ2n) is 5.15. The number of hydrogen-bond acceptors (Lipinski definition) is 3. The molecule has 2 heterocycles. The van der Waals surface area contributed by atoms with E-state index in [-0.39, 0.29) is 5.91 Å². The van der Waals surface area contributed by atoms with Crippen LogP contribution in [0.5, 0.6) is 0 Å². The molecule has 5 heteroatoms. The molecule has 4 nitrogen and oxygen atoms in total. The lowest BCUT2D eigenvalue weighted by atomic mass is 9.94. The van der Waals surface area contributed by atoms with Crippen LogP contribution in [0, 0.1) is 5.92 Å². The van der Waals surface area contributed by atoms with Crippen LogP contribution in [0.1, 0.15) is 29.6 Å². The van der Waals surface area contributed by atoms with Crippen LogP contribution in [0.3, 0.4) is 0 Å². The predicted molar refractivity (Wildman–Crippen MR) is 76.4 cm³/mol. The number of likely N-dealkylation sites (tertiary alicyclic amines) is 1. The van der Waals surface area contributed by atoms with Gasteiger partial charge in [-0.3, -0.25) is 9.78 Å². The fourth-order valence-corrected chi connectivity index (χ4v) is 2.57. The monoisotopic (exact) mass is 281 g/mol. The molecule has 1 aliphatic heterocycles. The first-order valence-corrected chi connectivity index (χ1v) is 7.11. The van der Waals surface area contributed by atoms with Crippen molar-refractivity contribution < 1.29 is 4.79 Å². The van der Waals surface area contributed by atoms with Gasteiger partial charge in [-0.05, 0) is 51.4 Å². The van der Waals surface area contributed by atoms with Crippen molar-refractivity contribution in [3.8, 4) is 0 Å². The minimum atomic E-state index is -0.133. The van der Waals surface area contributed by atoms with E-state index < -0.39 is 0 Å². The highest BCUT2D eigenvalue weighted by Gasteiger charge is 2.17. The van der Waals surface area contributed by atoms with Crippen LogP contribution >= 0.6 is 11.6 Å². The van der Waals surface area contributed by atoms with Crippen LogP contribution in [0.4, 0.5) is 0 Å². The lowest BCUT2D eigenvalue weighted by Crippen LogP contribution is -2.32. The molecule has 1 aliphatic rings. The quantitative estimate of drug-likeness (QED) is 0.920.